The van der Waals surface area contributed by atoms with Gasteiger partial charge < -0.3 is 9.47 Å². The minimum atomic E-state index is -1.17. The highest BCUT2D eigenvalue weighted by Crippen LogP contribution is 2.32. The number of ether oxygens (including phenoxy) is 2. The van der Waals surface area contributed by atoms with Gasteiger partial charge in [-0.1, -0.05) is 42.5 Å². The van der Waals surface area contributed by atoms with Crippen LogP contribution in [0.5, 0.6) is 17.2 Å². The molecule has 3 rings (SSSR count). The molecule has 2 nitrogen and oxygen atoms in total. The van der Waals surface area contributed by atoms with Crippen molar-refractivity contribution >= 4 is 0 Å². The predicted molar refractivity (Wildman–Crippen MR) is 112 cm³/mol. The van der Waals surface area contributed by atoms with Crippen LogP contribution in [0.2, 0.25) is 0 Å². The van der Waals surface area contributed by atoms with E-state index < -0.39 is 12.8 Å². The van der Waals surface area contributed by atoms with Gasteiger partial charge in [-0.3, -0.25) is 4.39 Å². The average molecular weight is 396 g/mol. The van der Waals surface area contributed by atoms with E-state index in [-0.39, 0.29) is 12.3 Å². The van der Waals surface area contributed by atoms with Crippen LogP contribution in [0.3, 0.4) is 0 Å². The lowest BCUT2D eigenvalue weighted by atomic mass is 9.93. The molecule has 2 atom stereocenters. The van der Waals surface area contributed by atoms with Gasteiger partial charge in [-0.05, 0) is 67.3 Å². The van der Waals surface area contributed by atoms with E-state index in [2.05, 4.69) is 0 Å². The van der Waals surface area contributed by atoms with Crippen molar-refractivity contribution in [2.24, 2.45) is 0 Å². The van der Waals surface area contributed by atoms with Gasteiger partial charge in [-0.25, -0.2) is 4.39 Å². The largest absolute Gasteiger partial charge is 0.494 e. The van der Waals surface area contributed by atoms with Crippen molar-refractivity contribution in [3.63, 3.8) is 0 Å². The maximum absolute atomic E-state index is 14.8. The molecule has 0 bridgehead atoms. The summed E-state index contributed by atoms with van der Waals surface area (Å²) in [6.07, 6.45) is -0.502. The molecular weight excluding hydrogens is 370 g/mol. The zero-order valence-electron chi connectivity index (χ0n) is 16.6. The highest BCUT2D eigenvalue weighted by molar-refractivity contribution is 5.35. The topological polar surface area (TPSA) is 18.5 Å². The normalized spacial score (nSPS) is 12.9. The summed E-state index contributed by atoms with van der Waals surface area (Å²) < 4.78 is 39.6. The Bertz CT molecular complexity index is 866. The number of para-hydroxylation sites is 1. The zero-order valence-corrected chi connectivity index (χ0v) is 16.6. The van der Waals surface area contributed by atoms with Crippen LogP contribution in [0, 0.1) is 0 Å². The predicted octanol–water partition coefficient (Wildman–Crippen LogP) is 7.42. The van der Waals surface area contributed by atoms with Gasteiger partial charge in [0.05, 0.1) is 13.3 Å². The monoisotopic (exact) mass is 396 g/mol. The van der Waals surface area contributed by atoms with Gasteiger partial charge >= 0.3 is 0 Å². The Morgan fingerprint density at radius 3 is 2.17 bits per heavy atom. The maximum Gasteiger partial charge on any atom is 0.127 e. The van der Waals surface area contributed by atoms with E-state index in [1.165, 1.54) is 0 Å². The lowest BCUT2D eigenvalue weighted by molar-refractivity contribution is 0.295. The molecular formula is C25H26F2O2. The molecule has 152 valence electrons. The fourth-order valence-electron chi connectivity index (χ4n) is 3.25. The van der Waals surface area contributed by atoms with Crippen LogP contribution in [0.25, 0.3) is 0 Å². The minimum absolute atomic E-state index is 0.247. The number of hydrogen-bond acceptors (Lipinski definition) is 2. The molecule has 0 saturated heterocycles. The second kappa shape index (κ2) is 10.6. The Morgan fingerprint density at radius 2 is 1.48 bits per heavy atom. The molecule has 0 aromatic heterocycles. The Balaban J connectivity index is 1.60. The molecule has 0 fully saturated rings. The third kappa shape index (κ3) is 6.05. The summed E-state index contributed by atoms with van der Waals surface area (Å²) in [4.78, 5) is 0. The molecule has 0 amide bonds. The van der Waals surface area contributed by atoms with Crippen molar-refractivity contribution in [2.45, 2.75) is 31.9 Å². The molecule has 0 saturated carbocycles. The Hall–Kier alpha value is -2.88. The van der Waals surface area contributed by atoms with Gasteiger partial charge in [0.2, 0.25) is 0 Å². The van der Waals surface area contributed by atoms with Gasteiger partial charge in [-0.15, -0.1) is 0 Å². The summed E-state index contributed by atoms with van der Waals surface area (Å²) in [5.41, 5.74) is 1.41. The molecule has 29 heavy (non-hydrogen) atoms. The molecule has 0 aliphatic rings. The van der Waals surface area contributed by atoms with Crippen molar-refractivity contribution in [2.75, 3.05) is 13.3 Å². The number of benzene rings is 3. The SMILES string of the molecule is CCOc1ccc(C(CF)CCC(F)c2cccc(Oc3ccccc3)c2)cc1. The fraction of sp³-hybridized carbons (Fsp3) is 0.280. The van der Waals surface area contributed by atoms with Gasteiger partial charge in [0.15, 0.2) is 0 Å². The first-order valence-corrected chi connectivity index (χ1v) is 9.95. The van der Waals surface area contributed by atoms with Crippen LogP contribution in [0.1, 0.15) is 43.0 Å². The molecule has 0 radical (unpaired) electrons. The number of hydrogen-bond donors (Lipinski definition) is 0. The van der Waals surface area contributed by atoms with Crippen molar-refractivity contribution in [3.8, 4) is 17.2 Å². The summed E-state index contributed by atoms with van der Waals surface area (Å²) in [6.45, 7) is 1.99. The van der Waals surface area contributed by atoms with Crippen LogP contribution in [0.4, 0.5) is 8.78 Å². The highest BCUT2D eigenvalue weighted by atomic mass is 19.1. The lowest BCUT2D eigenvalue weighted by Crippen LogP contribution is -2.04. The molecule has 0 aliphatic carbocycles. The van der Waals surface area contributed by atoms with Crippen LogP contribution in [0.15, 0.2) is 78.9 Å². The van der Waals surface area contributed by atoms with Crippen molar-refractivity contribution in [1.29, 1.82) is 0 Å². The smallest absolute Gasteiger partial charge is 0.127 e. The van der Waals surface area contributed by atoms with E-state index in [4.69, 9.17) is 9.47 Å². The second-order valence-electron chi connectivity index (χ2n) is 6.89. The molecule has 3 aromatic rings. The van der Waals surface area contributed by atoms with Gasteiger partial charge in [0.25, 0.3) is 0 Å². The van der Waals surface area contributed by atoms with E-state index in [1.54, 1.807) is 24.3 Å². The Labute approximate surface area is 171 Å². The Morgan fingerprint density at radius 1 is 0.759 bits per heavy atom. The van der Waals surface area contributed by atoms with Crippen LogP contribution in [-0.2, 0) is 0 Å². The molecule has 0 N–H and O–H groups in total. The number of rotatable bonds is 10. The Kier molecular flexibility index (Phi) is 7.62. The number of halogens is 2. The quantitative estimate of drug-likeness (QED) is 0.355. The molecule has 2 unspecified atom stereocenters. The minimum Gasteiger partial charge on any atom is -0.494 e. The number of alkyl halides is 2. The summed E-state index contributed by atoms with van der Waals surface area (Å²) >= 11 is 0. The van der Waals surface area contributed by atoms with Gasteiger partial charge in [-0.2, -0.15) is 0 Å². The van der Waals surface area contributed by atoms with Crippen LogP contribution < -0.4 is 9.47 Å². The first-order valence-electron chi connectivity index (χ1n) is 9.95. The van der Waals surface area contributed by atoms with Crippen molar-refractivity contribution in [1.82, 2.24) is 0 Å². The first-order chi connectivity index (χ1) is 14.2. The summed E-state index contributed by atoms with van der Waals surface area (Å²) in [5, 5.41) is 0. The molecule has 0 spiro atoms. The van der Waals surface area contributed by atoms with Crippen LogP contribution in [-0.4, -0.2) is 13.3 Å². The van der Waals surface area contributed by atoms with Crippen molar-refractivity contribution in [3.05, 3.63) is 90.0 Å². The lowest BCUT2D eigenvalue weighted by Gasteiger charge is -2.16. The summed E-state index contributed by atoms with van der Waals surface area (Å²) in [7, 11) is 0. The van der Waals surface area contributed by atoms with Gasteiger partial charge in [0, 0.05) is 5.92 Å². The van der Waals surface area contributed by atoms with E-state index in [1.807, 2.05) is 61.5 Å². The standard InChI is InChI=1S/C25H26F2O2/c1-2-28-22-14-11-19(12-15-22)21(18-26)13-16-25(27)20-7-6-10-24(17-20)29-23-8-4-3-5-9-23/h3-12,14-15,17,21,25H,2,13,16,18H2,1H3. The van der Waals surface area contributed by atoms with Crippen molar-refractivity contribution < 1.29 is 18.3 Å². The molecule has 4 heteroatoms. The van der Waals surface area contributed by atoms with Gasteiger partial charge in [0.1, 0.15) is 23.4 Å². The third-order valence-electron chi connectivity index (χ3n) is 4.82. The molecule has 0 heterocycles. The maximum atomic E-state index is 14.8. The third-order valence-corrected chi connectivity index (χ3v) is 4.82. The summed E-state index contributed by atoms with van der Waals surface area (Å²) in [5.74, 6) is 1.72. The molecule has 0 aliphatic heterocycles. The highest BCUT2D eigenvalue weighted by Gasteiger charge is 2.17. The van der Waals surface area contributed by atoms with E-state index in [0.29, 0.717) is 30.1 Å². The summed E-state index contributed by atoms with van der Waals surface area (Å²) in [6, 6.07) is 23.8. The van der Waals surface area contributed by atoms with Crippen LogP contribution >= 0.6 is 0 Å². The molecule has 3 aromatic carbocycles. The average Bonchev–Trinajstić information content (AvgIpc) is 2.76. The van der Waals surface area contributed by atoms with E-state index in [0.717, 1.165) is 11.3 Å². The first kappa shape index (κ1) is 20.8. The zero-order chi connectivity index (χ0) is 20.5. The van der Waals surface area contributed by atoms with E-state index >= 15 is 0 Å². The fourth-order valence-corrected chi connectivity index (χ4v) is 3.25. The second-order valence-corrected chi connectivity index (χ2v) is 6.89. The van der Waals surface area contributed by atoms with E-state index in [9.17, 15) is 8.78 Å².